The van der Waals surface area contributed by atoms with Crippen molar-refractivity contribution in [3.8, 4) is 0 Å². The highest BCUT2D eigenvalue weighted by atomic mass is 16.8. The average Bonchev–Trinajstić information content (AvgIpc) is 2.97. The Morgan fingerprint density at radius 2 is 1.81 bits per heavy atom. The molecule has 5 atom stereocenters. The normalized spacial score (nSPS) is 32.1. The number of carbonyl (C=O) groups excluding carboxylic acids is 1. The van der Waals surface area contributed by atoms with Crippen LogP contribution in [0.25, 0.3) is 0 Å². The van der Waals surface area contributed by atoms with E-state index in [1.165, 1.54) is 0 Å². The Balaban J connectivity index is 1.71. The zero-order valence-electron chi connectivity index (χ0n) is 16.5. The van der Waals surface area contributed by atoms with Crippen molar-refractivity contribution in [2.24, 2.45) is 0 Å². The fourth-order valence-corrected chi connectivity index (χ4v) is 3.51. The van der Waals surface area contributed by atoms with Crippen molar-refractivity contribution in [1.82, 2.24) is 5.32 Å². The Bertz CT molecular complexity index is 656. The minimum Gasteiger partial charge on any atom is -0.444 e. The number of aliphatic hydroxyl groups excluding tert-OH is 1. The lowest BCUT2D eigenvalue weighted by Crippen LogP contribution is -2.50. The molecule has 2 fully saturated rings. The molecule has 7 heteroatoms. The Hall–Kier alpha value is -1.67. The second-order valence-electron chi connectivity index (χ2n) is 8.49. The molecule has 1 saturated heterocycles. The van der Waals surface area contributed by atoms with E-state index < -0.39 is 47.9 Å². The predicted octanol–water partition coefficient (Wildman–Crippen LogP) is 2.36. The second kappa shape index (κ2) is 7.39. The molecular weight excluding hydrogens is 350 g/mol. The van der Waals surface area contributed by atoms with Crippen molar-refractivity contribution in [2.45, 2.75) is 83.1 Å². The van der Waals surface area contributed by atoms with E-state index >= 15 is 0 Å². The third kappa shape index (κ3) is 4.79. The molecular formula is C20H29NO6. The number of amides is 1. The molecule has 1 aliphatic carbocycles. The van der Waals surface area contributed by atoms with Crippen LogP contribution in [-0.2, 0) is 25.6 Å². The van der Waals surface area contributed by atoms with Crippen molar-refractivity contribution >= 4 is 6.09 Å². The minimum atomic E-state index is -0.979. The van der Waals surface area contributed by atoms with Crippen LogP contribution in [0.4, 0.5) is 4.79 Å². The highest BCUT2D eigenvalue weighted by Gasteiger charge is 2.60. The van der Waals surface area contributed by atoms with E-state index in [4.69, 9.17) is 18.9 Å². The van der Waals surface area contributed by atoms with Gasteiger partial charge in [0.2, 0.25) is 0 Å². The molecule has 150 valence electrons. The van der Waals surface area contributed by atoms with Crippen molar-refractivity contribution in [3.63, 3.8) is 0 Å². The van der Waals surface area contributed by atoms with E-state index in [-0.39, 0.29) is 0 Å². The first kappa shape index (κ1) is 20.1. The molecule has 2 N–H and O–H groups in total. The van der Waals surface area contributed by atoms with Gasteiger partial charge in [0.05, 0.1) is 12.6 Å². The van der Waals surface area contributed by atoms with Gasteiger partial charge in [-0.25, -0.2) is 4.79 Å². The van der Waals surface area contributed by atoms with Gasteiger partial charge in [-0.2, -0.15) is 0 Å². The van der Waals surface area contributed by atoms with Crippen LogP contribution in [0.5, 0.6) is 0 Å². The van der Waals surface area contributed by atoms with Gasteiger partial charge in [0, 0.05) is 0 Å². The van der Waals surface area contributed by atoms with Gasteiger partial charge in [-0.3, -0.25) is 0 Å². The minimum absolute atomic E-state index is 0.328. The maximum absolute atomic E-state index is 12.2. The molecule has 27 heavy (non-hydrogen) atoms. The molecule has 1 aliphatic heterocycles. The van der Waals surface area contributed by atoms with E-state index in [1.54, 1.807) is 34.6 Å². The molecule has 1 heterocycles. The lowest BCUT2D eigenvalue weighted by Gasteiger charge is -2.28. The van der Waals surface area contributed by atoms with E-state index in [0.29, 0.717) is 6.61 Å². The van der Waals surface area contributed by atoms with Crippen LogP contribution in [0.15, 0.2) is 30.3 Å². The Morgan fingerprint density at radius 3 is 2.44 bits per heavy atom. The molecule has 1 aromatic rings. The number of fused-ring (bicyclic) bond motifs is 1. The summed E-state index contributed by atoms with van der Waals surface area (Å²) < 4.78 is 23.2. The number of rotatable bonds is 4. The first-order chi connectivity index (χ1) is 12.6. The zero-order valence-corrected chi connectivity index (χ0v) is 16.5. The quantitative estimate of drug-likeness (QED) is 0.835. The average molecular weight is 379 g/mol. The van der Waals surface area contributed by atoms with Crippen LogP contribution in [0.3, 0.4) is 0 Å². The number of aliphatic hydroxyl groups is 1. The van der Waals surface area contributed by atoms with Crippen LogP contribution in [-0.4, -0.2) is 53.0 Å². The summed E-state index contributed by atoms with van der Waals surface area (Å²) in [6.45, 7) is 9.28. The Kier molecular flexibility index (Phi) is 5.49. The van der Waals surface area contributed by atoms with E-state index in [2.05, 4.69) is 5.32 Å². The zero-order chi connectivity index (χ0) is 19.8. The third-order valence-corrected chi connectivity index (χ3v) is 4.51. The summed E-state index contributed by atoms with van der Waals surface area (Å²) in [6.07, 6.45) is -3.23. The molecule has 0 unspecified atom stereocenters. The van der Waals surface area contributed by atoms with Gasteiger partial charge in [-0.15, -0.1) is 0 Å². The number of benzene rings is 1. The second-order valence-corrected chi connectivity index (χ2v) is 8.49. The van der Waals surface area contributed by atoms with Crippen molar-refractivity contribution < 1.29 is 28.8 Å². The summed E-state index contributed by atoms with van der Waals surface area (Å²) >= 11 is 0. The Labute approximate surface area is 159 Å². The Morgan fingerprint density at radius 1 is 1.19 bits per heavy atom. The van der Waals surface area contributed by atoms with Crippen LogP contribution in [0, 0.1) is 0 Å². The number of hydrogen-bond acceptors (Lipinski definition) is 6. The molecule has 1 saturated carbocycles. The van der Waals surface area contributed by atoms with Gasteiger partial charge in [0.1, 0.15) is 30.0 Å². The van der Waals surface area contributed by atoms with Crippen molar-refractivity contribution in [2.75, 3.05) is 0 Å². The number of ether oxygens (including phenoxy) is 4. The van der Waals surface area contributed by atoms with Gasteiger partial charge >= 0.3 is 6.09 Å². The summed E-state index contributed by atoms with van der Waals surface area (Å²) in [5.41, 5.74) is 0.353. The molecule has 1 aromatic carbocycles. The monoisotopic (exact) mass is 379 g/mol. The summed E-state index contributed by atoms with van der Waals surface area (Å²) in [4.78, 5) is 12.2. The molecule has 0 bridgehead atoms. The smallest absolute Gasteiger partial charge is 0.408 e. The van der Waals surface area contributed by atoms with Crippen LogP contribution >= 0.6 is 0 Å². The van der Waals surface area contributed by atoms with Crippen molar-refractivity contribution in [1.29, 1.82) is 0 Å². The third-order valence-electron chi connectivity index (χ3n) is 4.51. The molecule has 0 aromatic heterocycles. The molecule has 0 radical (unpaired) electrons. The van der Waals surface area contributed by atoms with Crippen LogP contribution in [0.2, 0.25) is 0 Å². The van der Waals surface area contributed by atoms with Crippen LogP contribution < -0.4 is 5.32 Å². The molecule has 2 aliphatic rings. The fourth-order valence-electron chi connectivity index (χ4n) is 3.51. The van der Waals surface area contributed by atoms with Gasteiger partial charge in [-0.05, 0) is 40.2 Å². The molecule has 0 spiro atoms. The van der Waals surface area contributed by atoms with Crippen LogP contribution in [0.1, 0.15) is 40.2 Å². The summed E-state index contributed by atoms with van der Waals surface area (Å²) in [5.74, 6) is -0.822. The fraction of sp³-hybridized carbons (Fsp3) is 0.650. The lowest BCUT2D eigenvalue weighted by molar-refractivity contribution is -0.184. The summed E-state index contributed by atoms with van der Waals surface area (Å²) in [7, 11) is 0. The van der Waals surface area contributed by atoms with Gasteiger partial charge in [0.15, 0.2) is 5.79 Å². The first-order valence-electron chi connectivity index (χ1n) is 9.24. The van der Waals surface area contributed by atoms with Gasteiger partial charge < -0.3 is 29.4 Å². The standard InChI is InChI=1S/C20H29NO6/c1-19(2,3)27-18(23)21-13-14(22)16(17-15(13)25-20(4,5)26-17)24-11-12-9-7-6-8-10-12/h6-10,13-17,22H,11H2,1-5H3,(H,21,23)/t13-,14+,15-,16-,17-/m1/s1. The molecule has 7 nitrogen and oxygen atoms in total. The molecule has 1 amide bonds. The predicted molar refractivity (Wildman–Crippen MR) is 98.0 cm³/mol. The maximum atomic E-state index is 12.2. The summed E-state index contributed by atoms with van der Waals surface area (Å²) in [6, 6.07) is 9.00. The number of alkyl carbamates (subject to hydrolysis) is 1. The number of nitrogens with one attached hydrogen (secondary N) is 1. The number of hydrogen-bond donors (Lipinski definition) is 2. The largest absolute Gasteiger partial charge is 0.444 e. The van der Waals surface area contributed by atoms with E-state index in [9.17, 15) is 9.90 Å². The van der Waals surface area contributed by atoms with Gasteiger partial charge in [-0.1, -0.05) is 30.3 Å². The first-order valence-corrected chi connectivity index (χ1v) is 9.24. The molecule has 3 rings (SSSR count). The summed E-state index contributed by atoms with van der Waals surface area (Å²) in [5, 5.41) is 13.5. The maximum Gasteiger partial charge on any atom is 0.408 e. The highest BCUT2D eigenvalue weighted by Crippen LogP contribution is 2.40. The van der Waals surface area contributed by atoms with Gasteiger partial charge in [0.25, 0.3) is 0 Å². The number of carbonyl (C=O) groups is 1. The highest BCUT2D eigenvalue weighted by molar-refractivity contribution is 5.68. The van der Waals surface area contributed by atoms with Crippen molar-refractivity contribution in [3.05, 3.63) is 35.9 Å². The van der Waals surface area contributed by atoms with E-state index in [1.807, 2.05) is 30.3 Å². The SMILES string of the molecule is CC(C)(C)OC(=O)N[C@@H]1[C@H](O)[C@@H](OCc2ccccc2)[C@@H]2OC(C)(C)O[C@H]12. The van der Waals surface area contributed by atoms with E-state index in [0.717, 1.165) is 5.56 Å². The topological polar surface area (TPSA) is 86.3 Å². The lowest BCUT2D eigenvalue weighted by atomic mass is 10.1.